The highest BCUT2D eigenvalue weighted by Crippen LogP contribution is 2.65. The third-order valence-electron chi connectivity index (χ3n) is 4.37. The van der Waals surface area contributed by atoms with Gasteiger partial charge in [0.2, 0.25) is 0 Å². The van der Waals surface area contributed by atoms with Gasteiger partial charge in [-0.05, 0) is 0 Å². The van der Waals surface area contributed by atoms with E-state index in [-0.39, 0.29) is 0 Å². The van der Waals surface area contributed by atoms with E-state index in [0.29, 0.717) is 0 Å². The molecule has 168 valence electrons. The van der Waals surface area contributed by atoms with Gasteiger partial charge < -0.3 is 0 Å². The van der Waals surface area contributed by atoms with Gasteiger partial charge in [0.25, 0.3) is 0 Å². The molecule has 6 aromatic heterocycles. The van der Waals surface area contributed by atoms with Crippen LogP contribution in [0, 0.1) is 0 Å². The standard InChI is InChI=1S/C18H4N4S12/c1-2-24-6-5(23-1)19-9-10(20-6)28-14-13(27-9)31-17(32-14)18-33-15-16(34-18)30-12-11(29-15)21-7-8(22-12)26-4-3-25-7/h1-4H. The summed E-state index contributed by atoms with van der Waals surface area (Å²) in [4.78, 5) is 27.8. The number of nitrogens with zero attached hydrogens (tertiary/aromatic N) is 4. The van der Waals surface area contributed by atoms with Gasteiger partial charge in [-0.15, -0.1) is 90.7 Å². The maximum absolute atomic E-state index is 4.90. The van der Waals surface area contributed by atoms with Crippen LogP contribution in [0.25, 0.3) is 38.6 Å². The molecule has 0 unspecified atom stereocenters. The molecule has 2 aliphatic rings. The molecule has 0 amide bonds. The number of thioether (sulfide) groups is 4. The normalized spacial score (nSPS) is 15.1. The van der Waals surface area contributed by atoms with Crippen molar-refractivity contribution in [2.24, 2.45) is 0 Å². The summed E-state index contributed by atoms with van der Waals surface area (Å²) in [6, 6.07) is 0. The number of rotatable bonds is 0. The van der Waals surface area contributed by atoms with Crippen molar-refractivity contribution in [1.29, 1.82) is 0 Å². The molecule has 16 heteroatoms. The molecule has 0 atom stereocenters. The van der Waals surface area contributed by atoms with Gasteiger partial charge in [-0.3, -0.25) is 0 Å². The summed E-state index contributed by atoms with van der Waals surface area (Å²) in [6.07, 6.45) is 0. The Balaban J connectivity index is 1.18. The van der Waals surface area contributed by atoms with Gasteiger partial charge >= 0.3 is 0 Å². The molecule has 0 saturated heterocycles. The molecule has 4 nitrogen and oxygen atoms in total. The van der Waals surface area contributed by atoms with Crippen LogP contribution < -0.4 is 0 Å². The average molecular weight is 661 g/mol. The molecule has 2 aliphatic heterocycles. The van der Waals surface area contributed by atoms with Crippen LogP contribution in [0.5, 0.6) is 0 Å². The molecule has 8 heterocycles. The van der Waals surface area contributed by atoms with Crippen molar-refractivity contribution in [2.45, 2.75) is 16.8 Å². The van der Waals surface area contributed by atoms with Gasteiger partial charge in [0.1, 0.15) is 0 Å². The van der Waals surface area contributed by atoms with Crippen molar-refractivity contribution < 1.29 is 0 Å². The first kappa shape index (κ1) is 22.0. The quantitative estimate of drug-likeness (QED) is 0.149. The Morgan fingerprint density at radius 3 is 0.882 bits per heavy atom. The fraction of sp³-hybridized carbons (Fsp3) is 0. The Kier molecular flexibility index (Phi) is 5.71. The third kappa shape index (κ3) is 3.80. The molecular formula is C18H4N4S12. The summed E-state index contributed by atoms with van der Waals surface area (Å²) >= 11 is 21.2. The largest absolute Gasteiger partial charge is 0.221 e. The van der Waals surface area contributed by atoms with Crippen LogP contribution in [0.15, 0.2) is 46.8 Å². The van der Waals surface area contributed by atoms with Crippen LogP contribution in [0.4, 0.5) is 0 Å². The summed E-state index contributed by atoms with van der Waals surface area (Å²) in [5.41, 5.74) is 0. The predicted molar refractivity (Wildman–Crippen MR) is 163 cm³/mol. The monoisotopic (exact) mass is 660 g/mol. The molecular weight excluding hydrogens is 657 g/mol. The summed E-state index contributed by atoms with van der Waals surface area (Å²) in [7, 11) is 0. The molecule has 0 fully saturated rings. The Labute approximate surface area is 240 Å². The second-order valence-electron chi connectivity index (χ2n) is 6.45. The van der Waals surface area contributed by atoms with Crippen molar-refractivity contribution in [3.63, 3.8) is 0 Å². The van der Waals surface area contributed by atoms with Gasteiger partial charge in [0.05, 0.1) is 25.3 Å². The molecule has 0 aromatic carbocycles. The lowest BCUT2D eigenvalue weighted by Crippen LogP contribution is -1.81. The average Bonchev–Trinajstić information content (AvgIpc) is 3.46. The van der Waals surface area contributed by atoms with E-state index in [9.17, 15) is 0 Å². The smallest absolute Gasteiger partial charge is 0.155 e. The van der Waals surface area contributed by atoms with E-state index in [1.165, 1.54) is 25.3 Å². The molecule has 0 N–H and O–H groups in total. The van der Waals surface area contributed by atoms with Crippen LogP contribution in [0.2, 0.25) is 0 Å². The van der Waals surface area contributed by atoms with Crippen molar-refractivity contribution >= 4 is 176 Å². The van der Waals surface area contributed by atoms with Gasteiger partial charge in [-0.2, -0.15) is 0 Å². The lowest BCUT2D eigenvalue weighted by atomic mass is 10.8. The number of hydrogen-bond donors (Lipinski definition) is 0. The lowest BCUT2D eigenvalue weighted by molar-refractivity contribution is 1.47. The minimum Gasteiger partial charge on any atom is -0.221 e. The van der Waals surface area contributed by atoms with E-state index in [2.05, 4.69) is 21.5 Å². The van der Waals surface area contributed by atoms with Gasteiger partial charge in [-0.1, -0.05) is 47.0 Å². The number of fused-ring (bicyclic) bond motifs is 6. The second-order valence-corrected chi connectivity index (χ2v) is 19.7. The van der Waals surface area contributed by atoms with E-state index in [1.54, 1.807) is 90.7 Å². The molecule has 6 aromatic rings. The molecule has 8 rings (SSSR count). The molecule has 0 saturated carbocycles. The van der Waals surface area contributed by atoms with Gasteiger partial charge in [0.15, 0.2) is 38.6 Å². The molecule has 34 heavy (non-hydrogen) atoms. The highest BCUT2D eigenvalue weighted by atomic mass is 32.2. The Morgan fingerprint density at radius 2 is 0.618 bits per heavy atom. The van der Waals surface area contributed by atoms with Crippen LogP contribution in [-0.4, -0.2) is 19.9 Å². The van der Waals surface area contributed by atoms with E-state index >= 15 is 0 Å². The van der Waals surface area contributed by atoms with Crippen LogP contribution in [0.3, 0.4) is 0 Å². The fourth-order valence-electron chi connectivity index (χ4n) is 3.01. The minimum atomic E-state index is 1.02. The number of hydrogen-bond acceptors (Lipinski definition) is 16. The van der Waals surface area contributed by atoms with E-state index in [4.69, 9.17) is 19.9 Å². The SMILES string of the molecule is c1csc2nc3sc4c(sc3nc2s1)SC(=C1Sc2sc3nc5sccsc5nc3sc2S1)S4. The fourth-order valence-corrected chi connectivity index (χ4v) is 17.9. The van der Waals surface area contributed by atoms with E-state index in [1.807, 2.05) is 47.0 Å². The zero-order valence-corrected chi connectivity index (χ0v) is 25.8. The Hall–Kier alpha value is 0.0200. The topological polar surface area (TPSA) is 51.6 Å². The number of aromatic nitrogens is 4. The predicted octanol–water partition coefficient (Wildman–Crippen LogP) is 10.8. The van der Waals surface area contributed by atoms with Crippen molar-refractivity contribution in [3.05, 3.63) is 30.0 Å². The van der Waals surface area contributed by atoms with Crippen LogP contribution >= 0.6 is 138 Å². The van der Waals surface area contributed by atoms with E-state index in [0.717, 1.165) is 38.6 Å². The Bertz CT molecular complexity index is 1630. The summed E-state index contributed by atoms with van der Waals surface area (Å²) in [5.74, 6) is 0. The third-order valence-corrected chi connectivity index (χ3v) is 19.5. The maximum Gasteiger partial charge on any atom is 0.155 e. The van der Waals surface area contributed by atoms with E-state index < -0.39 is 0 Å². The summed E-state index contributed by atoms with van der Waals surface area (Å²) in [6.45, 7) is 0. The first-order chi connectivity index (χ1) is 16.8. The summed E-state index contributed by atoms with van der Waals surface area (Å²) in [5, 5.41) is 8.31. The summed E-state index contributed by atoms with van der Waals surface area (Å²) < 4.78 is 8.04. The van der Waals surface area contributed by atoms with Gasteiger partial charge in [0, 0.05) is 21.5 Å². The highest BCUT2D eigenvalue weighted by molar-refractivity contribution is 8.32. The molecule has 0 spiro atoms. The van der Waals surface area contributed by atoms with Crippen molar-refractivity contribution in [3.8, 4) is 0 Å². The second kappa shape index (κ2) is 8.80. The molecule has 0 radical (unpaired) electrons. The van der Waals surface area contributed by atoms with Crippen molar-refractivity contribution in [2.75, 3.05) is 0 Å². The Morgan fingerprint density at radius 1 is 0.353 bits per heavy atom. The highest BCUT2D eigenvalue weighted by Gasteiger charge is 2.30. The van der Waals surface area contributed by atoms with Crippen LogP contribution in [-0.2, 0) is 0 Å². The minimum absolute atomic E-state index is 1.02. The van der Waals surface area contributed by atoms with Crippen molar-refractivity contribution in [1.82, 2.24) is 19.9 Å². The first-order valence-corrected chi connectivity index (χ1v) is 19.3. The molecule has 0 aliphatic carbocycles. The zero-order chi connectivity index (χ0) is 22.2. The maximum atomic E-state index is 4.90. The zero-order valence-electron chi connectivity index (χ0n) is 16.0. The van der Waals surface area contributed by atoms with Crippen LogP contribution in [0.1, 0.15) is 0 Å². The van der Waals surface area contributed by atoms with Gasteiger partial charge in [-0.25, -0.2) is 19.9 Å². The lowest BCUT2D eigenvalue weighted by Gasteiger charge is -2.00. The first-order valence-electron chi connectivity index (χ1n) is 9.23. The molecule has 0 bridgehead atoms.